The van der Waals surface area contributed by atoms with Crippen LogP contribution in [0.3, 0.4) is 0 Å². The molecule has 354 valence electrons. The van der Waals surface area contributed by atoms with Gasteiger partial charge in [0.2, 0.25) is 0 Å². The molecule has 0 amide bonds. The normalized spacial score (nSPS) is 14.4. The van der Waals surface area contributed by atoms with Crippen molar-refractivity contribution >= 4 is 100 Å². The number of rotatable bonds is 2. The van der Waals surface area contributed by atoms with Gasteiger partial charge in [0, 0.05) is 61.2 Å². The summed E-state index contributed by atoms with van der Waals surface area (Å²) in [5.41, 5.74) is 23.2. The molecule has 0 unspecified atom stereocenters. The van der Waals surface area contributed by atoms with Crippen molar-refractivity contribution in [3.63, 3.8) is 0 Å². The molecular weight excluding hydrogens is 860 g/mol. The van der Waals surface area contributed by atoms with Gasteiger partial charge in [0.05, 0.1) is 39.0 Å². The molecule has 4 aromatic heterocycles. The van der Waals surface area contributed by atoms with Crippen LogP contribution in [0.15, 0.2) is 134 Å². The van der Waals surface area contributed by atoms with Crippen molar-refractivity contribution in [2.45, 2.75) is 131 Å². The summed E-state index contributed by atoms with van der Waals surface area (Å²) in [7, 11) is 0. The lowest BCUT2D eigenvalue weighted by Crippen LogP contribution is -2.62. The molecule has 2 aliphatic rings. The predicted molar refractivity (Wildman–Crippen MR) is 308 cm³/mol. The molecule has 0 aliphatic carbocycles. The fraction of sp³-hybridized carbons (Fsp3) is 0.303. The Labute approximate surface area is 420 Å². The van der Waals surface area contributed by atoms with Gasteiger partial charge in [0.25, 0.3) is 6.71 Å². The van der Waals surface area contributed by atoms with Crippen LogP contribution in [0.4, 0.5) is 17.1 Å². The monoisotopic (exact) mass is 927 g/mol. The lowest BCUT2D eigenvalue weighted by molar-refractivity contribution is 0.590. The van der Waals surface area contributed by atoms with Gasteiger partial charge in [-0.1, -0.05) is 165 Å². The summed E-state index contributed by atoms with van der Waals surface area (Å²) < 4.78 is 7.94. The lowest BCUT2D eigenvalue weighted by Gasteiger charge is -2.41. The average molecular weight is 927 g/mol. The molecule has 0 saturated heterocycles. The number of fused-ring (bicyclic) bond motifs is 15. The van der Waals surface area contributed by atoms with Crippen molar-refractivity contribution in [2.75, 3.05) is 4.90 Å². The summed E-state index contributed by atoms with van der Waals surface area (Å²) in [6, 6.07) is 50.2. The van der Waals surface area contributed by atoms with E-state index in [1.807, 2.05) is 0 Å². The minimum absolute atomic E-state index is 0.0132. The molecule has 0 fully saturated rings. The number of anilines is 3. The van der Waals surface area contributed by atoms with Gasteiger partial charge >= 0.3 is 0 Å². The molecule has 0 saturated carbocycles. The van der Waals surface area contributed by atoms with Gasteiger partial charge in [0.1, 0.15) is 0 Å². The van der Waals surface area contributed by atoms with Crippen LogP contribution in [0.2, 0.25) is 0 Å². The Hall–Kier alpha value is -6.72. The highest BCUT2D eigenvalue weighted by Crippen LogP contribution is 2.53. The maximum atomic E-state index is 2.73. The Kier molecular flexibility index (Phi) is 8.74. The SMILES string of the molecule is CC(C)(C)c1ccc(N2c3ccc(C(C)(C)C)cc3B3c4c2c2c5cc(C(C)(C)C)ccc5n5c6ccc(C(C)(C)C)cc6c(c4-n4c6ccc(C(C)(C)C)cc6c6cn(-c7ccccc7)c3c64)c25)cc1. The molecule has 2 aliphatic heterocycles. The van der Waals surface area contributed by atoms with E-state index in [0.29, 0.717) is 0 Å². The molecule has 7 aromatic carbocycles. The molecule has 0 N–H and O–H groups in total. The highest BCUT2D eigenvalue weighted by Gasteiger charge is 2.48. The first-order valence-electron chi connectivity index (χ1n) is 26.1. The molecular formula is C66H67BN4. The van der Waals surface area contributed by atoms with Crippen molar-refractivity contribution in [1.29, 1.82) is 0 Å². The highest BCUT2D eigenvalue weighted by atomic mass is 15.2. The number of benzene rings is 7. The fourth-order valence-corrected chi connectivity index (χ4v) is 12.6. The van der Waals surface area contributed by atoms with Crippen LogP contribution in [0.1, 0.15) is 132 Å². The zero-order valence-corrected chi connectivity index (χ0v) is 44.6. The van der Waals surface area contributed by atoms with Crippen LogP contribution in [-0.4, -0.2) is 20.2 Å². The topological polar surface area (TPSA) is 17.5 Å². The van der Waals surface area contributed by atoms with Gasteiger partial charge in [-0.15, -0.1) is 0 Å². The fourth-order valence-electron chi connectivity index (χ4n) is 12.6. The van der Waals surface area contributed by atoms with Crippen LogP contribution in [0.5, 0.6) is 0 Å². The largest absolute Gasteiger partial charge is 0.326 e. The number of aromatic nitrogens is 3. The molecule has 4 nitrogen and oxygen atoms in total. The summed E-state index contributed by atoms with van der Waals surface area (Å²) in [5, 5.41) is 7.90. The molecule has 5 heteroatoms. The lowest BCUT2D eigenvalue weighted by atomic mass is 9.35. The number of hydrogen-bond donors (Lipinski definition) is 0. The van der Waals surface area contributed by atoms with E-state index < -0.39 is 0 Å². The molecule has 0 radical (unpaired) electrons. The van der Waals surface area contributed by atoms with Crippen molar-refractivity contribution in [3.05, 3.63) is 161 Å². The van der Waals surface area contributed by atoms with Gasteiger partial charge in [-0.05, 0) is 133 Å². The molecule has 0 bridgehead atoms. The zero-order valence-electron chi connectivity index (χ0n) is 44.6. The molecule has 13 rings (SSSR count). The summed E-state index contributed by atoms with van der Waals surface area (Å²) in [4.78, 5) is 2.68. The summed E-state index contributed by atoms with van der Waals surface area (Å²) >= 11 is 0. The van der Waals surface area contributed by atoms with E-state index in [4.69, 9.17) is 0 Å². The maximum Gasteiger partial charge on any atom is 0.273 e. The van der Waals surface area contributed by atoms with E-state index in [-0.39, 0.29) is 33.8 Å². The standard InChI is InChI=1S/C66H67BN4/c1-62(2,3)38-21-27-44(28-22-38)69-53-32-26-42(66(13,14)15)36-49(53)67-56-59(69)54-46-34-40(64(7,8)9)24-30-51(46)70-52-31-25-41(65(10,11)12)35-47(52)55(58(54)70)60(56)71-50-29-23-39(63(4,5)6)33-45(50)48-37-68(61(67)57(48)71)43-19-17-16-18-20-43/h16-37H,1-15H3. The van der Waals surface area contributed by atoms with Crippen LogP contribution in [-0.2, 0) is 27.1 Å². The first-order chi connectivity index (χ1) is 33.4. The van der Waals surface area contributed by atoms with Crippen LogP contribution in [0, 0.1) is 0 Å². The van der Waals surface area contributed by atoms with Gasteiger partial charge in [-0.3, -0.25) is 0 Å². The van der Waals surface area contributed by atoms with Gasteiger partial charge in [-0.25, -0.2) is 0 Å². The molecule has 11 aromatic rings. The van der Waals surface area contributed by atoms with E-state index in [0.717, 1.165) is 0 Å². The highest BCUT2D eigenvalue weighted by molar-refractivity contribution is 7.00. The van der Waals surface area contributed by atoms with Crippen LogP contribution in [0.25, 0.3) is 71.3 Å². The second-order valence-corrected chi connectivity index (χ2v) is 26.4. The van der Waals surface area contributed by atoms with Gasteiger partial charge in [-0.2, -0.15) is 0 Å². The maximum absolute atomic E-state index is 2.73. The van der Waals surface area contributed by atoms with Gasteiger partial charge < -0.3 is 18.4 Å². The molecule has 6 heterocycles. The quantitative estimate of drug-likeness (QED) is 0.158. The minimum atomic E-state index is -0.0984. The average Bonchev–Trinajstić information content (AvgIpc) is 4.05. The Morgan fingerprint density at radius 3 is 1.42 bits per heavy atom. The molecule has 71 heavy (non-hydrogen) atoms. The Morgan fingerprint density at radius 2 is 0.873 bits per heavy atom. The van der Waals surface area contributed by atoms with Crippen LogP contribution >= 0.6 is 0 Å². The first-order valence-corrected chi connectivity index (χ1v) is 26.1. The summed E-state index contributed by atoms with van der Waals surface area (Å²) in [6.45, 7) is 35.1. The third kappa shape index (κ3) is 6.11. The van der Waals surface area contributed by atoms with Crippen molar-refractivity contribution in [2.24, 2.45) is 0 Å². The van der Waals surface area contributed by atoms with Crippen molar-refractivity contribution in [1.82, 2.24) is 13.5 Å². The second-order valence-electron chi connectivity index (χ2n) is 26.4. The first kappa shape index (κ1) is 44.2. The summed E-state index contributed by atoms with van der Waals surface area (Å²) in [6.07, 6.45) is 2.48. The van der Waals surface area contributed by atoms with Gasteiger partial charge in [0.15, 0.2) is 0 Å². The number of nitrogens with zero attached hydrogens (tertiary/aromatic N) is 4. The zero-order chi connectivity index (χ0) is 49.8. The third-order valence-electron chi connectivity index (χ3n) is 16.5. The van der Waals surface area contributed by atoms with E-state index in [2.05, 4.69) is 256 Å². The van der Waals surface area contributed by atoms with E-state index in [1.165, 1.54) is 133 Å². The molecule has 0 spiro atoms. The van der Waals surface area contributed by atoms with Crippen molar-refractivity contribution < 1.29 is 0 Å². The minimum Gasteiger partial charge on any atom is -0.326 e. The van der Waals surface area contributed by atoms with E-state index >= 15 is 0 Å². The van der Waals surface area contributed by atoms with E-state index in [9.17, 15) is 0 Å². The Morgan fingerprint density at radius 1 is 0.394 bits per heavy atom. The van der Waals surface area contributed by atoms with E-state index in [1.54, 1.807) is 0 Å². The van der Waals surface area contributed by atoms with Crippen molar-refractivity contribution in [3.8, 4) is 11.4 Å². The number of hydrogen-bond acceptors (Lipinski definition) is 1. The Balaban J connectivity index is 1.34. The molecule has 0 atom stereocenters. The number of para-hydroxylation sites is 1. The van der Waals surface area contributed by atoms with Crippen LogP contribution < -0.4 is 21.4 Å². The second kappa shape index (κ2) is 14.0. The predicted octanol–water partition coefficient (Wildman–Crippen LogP) is 15.8. The Bertz CT molecular complexity index is 4040. The third-order valence-corrected chi connectivity index (χ3v) is 16.5. The summed E-state index contributed by atoms with van der Waals surface area (Å²) in [5.74, 6) is 0. The smallest absolute Gasteiger partial charge is 0.273 e.